The normalized spacial score (nSPS) is 11.5. The lowest BCUT2D eigenvalue weighted by Gasteiger charge is -2.09. The van der Waals surface area contributed by atoms with Gasteiger partial charge < -0.3 is 10.3 Å². The Labute approximate surface area is 210 Å². The van der Waals surface area contributed by atoms with Crippen molar-refractivity contribution in [3.63, 3.8) is 0 Å². The summed E-state index contributed by atoms with van der Waals surface area (Å²) in [6.45, 7) is 4.04. The Morgan fingerprint density at radius 1 is 1.08 bits per heavy atom. The van der Waals surface area contributed by atoms with Crippen LogP contribution in [0, 0.1) is 5.92 Å². The standard InChI is InChI=1S/C27H23N7OS/c1-15(2)9-23(35)30-19-10-18(12-28-13-19)16-3-4-22-21(11-16)25(34-33-22)27-31-24-20(17-6-8-36-14-17)5-7-29-26(24)32-27/h3-8,10-15H,9H2,1-2H3,(H,30,35)(H,33,34)(H,29,31,32). The van der Waals surface area contributed by atoms with Crippen LogP contribution in [-0.2, 0) is 4.79 Å². The highest BCUT2D eigenvalue weighted by Gasteiger charge is 2.17. The summed E-state index contributed by atoms with van der Waals surface area (Å²) in [4.78, 5) is 29.2. The van der Waals surface area contributed by atoms with E-state index in [1.165, 1.54) is 0 Å². The molecular formula is C27H23N7OS. The Hall–Kier alpha value is -4.37. The van der Waals surface area contributed by atoms with Crippen LogP contribution in [0.2, 0.25) is 0 Å². The number of rotatable bonds is 6. The zero-order chi connectivity index (χ0) is 24.6. The third-order valence-electron chi connectivity index (χ3n) is 5.96. The smallest absolute Gasteiger partial charge is 0.224 e. The zero-order valence-electron chi connectivity index (χ0n) is 19.7. The van der Waals surface area contributed by atoms with Crippen molar-refractivity contribution in [1.29, 1.82) is 0 Å². The van der Waals surface area contributed by atoms with E-state index < -0.39 is 0 Å². The maximum Gasteiger partial charge on any atom is 0.224 e. The Morgan fingerprint density at radius 3 is 2.83 bits per heavy atom. The van der Waals surface area contributed by atoms with E-state index in [0.717, 1.165) is 44.4 Å². The molecule has 0 aliphatic heterocycles. The zero-order valence-corrected chi connectivity index (χ0v) is 20.6. The van der Waals surface area contributed by atoms with Gasteiger partial charge in [-0.25, -0.2) is 9.97 Å². The maximum atomic E-state index is 12.2. The van der Waals surface area contributed by atoms with Crippen LogP contribution in [0.25, 0.3) is 55.8 Å². The summed E-state index contributed by atoms with van der Waals surface area (Å²) in [7, 11) is 0. The minimum absolute atomic E-state index is 0.0168. The van der Waals surface area contributed by atoms with Crippen LogP contribution in [0.1, 0.15) is 20.3 Å². The van der Waals surface area contributed by atoms with E-state index in [-0.39, 0.29) is 11.8 Å². The van der Waals surface area contributed by atoms with Crippen molar-refractivity contribution in [3.8, 4) is 33.8 Å². The van der Waals surface area contributed by atoms with Gasteiger partial charge in [0.05, 0.1) is 22.9 Å². The van der Waals surface area contributed by atoms with Gasteiger partial charge in [-0.05, 0) is 58.1 Å². The number of carbonyl (C=O) groups is 1. The largest absolute Gasteiger partial charge is 0.335 e. The number of thiophene rings is 1. The van der Waals surface area contributed by atoms with Gasteiger partial charge in [-0.1, -0.05) is 19.9 Å². The number of benzene rings is 1. The van der Waals surface area contributed by atoms with Crippen LogP contribution in [0.4, 0.5) is 5.69 Å². The summed E-state index contributed by atoms with van der Waals surface area (Å²) in [6, 6.07) is 12.1. The molecule has 0 saturated carbocycles. The number of aromatic nitrogens is 6. The van der Waals surface area contributed by atoms with Crippen molar-refractivity contribution in [2.45, 2.75) is 20.3 Å². The highest BCUT2D eigenvalue weighted by molar-refractivity contribution is 7.08. The summed E-state index contributed by atoms with van der Waals surface area (Å²) < 4.78 is 0. The summed E-state index contributed by atoms with van der Waals surface area (Å²) in [6.07, 6.45) is 5.70. The Balaban J connectivity index is 1.38. The number of nitrogens with zero attached hydrogens (tertiary/aromatic N) is 4. The number of anilines is 1. The molecule has 0 aliphatic rings. The predicted octanol–water partition coefficient (Wildman–Crippen LogP) is 6.28. The number of amides is 1. The highest BCUT2D eigenvalue weighted by atomic mass is 32.1. The molecule has 0 spiro atoms. The molecule has 36 heavy (non-hydrogen) atoms. The third-order valence-corrected chi connectivity index (χ3v) is 6.64. The Bertz CT molecular complexity index is 1700. The fourth-order valence-corrected chi connectivity index (χ4v) is 4.96. The van der Waals surface area contributed by atoms with E-state index in [0.29, 0.717) is 23.6 Å². The first-order valence-electron chi connectivity index (χ1n) is 11.7. The molecule has 0 saturated heterocycles. The number of aromatic amines is 2. The van der Waals surface area contributed by atoms with Gasteiger partial charge in [0.1, 0.15) is 5.69 Å². The first kappa shape index (κ1) is 22.1. The van der Waals surface area contributed by atoms with E-state index in [2.05, 4.69) is 53.4 Å². The van der Waals surface area contributed by atoms with Crippen molar-refractivity contribution >= 4 is 45.0 Å². The van der Waals surface area contributed by atoms with Crippen molar-refractivity contribution in [2.75, 3.05) is 5.32 Å². The Kier molecular flexibility index (Phi) is 5.54. The molecule has 8 nitrogen and oxygen atoms in total. The number of nitrogens with one attached hydrogen (secondary N) is 3. The summed E-state index contributed by atoms with van der Waals surface area (Å²) in [5, 5.41) is 15.7. The van der Waals surface area contributed by atoms with Gasteiger partial charge >= 0.3 is 0 Å². The van der Waals surface area contributed by atoms with Gasteiger partial charge in [0.2, 0.25) is 5.91 Å². The van der Waals surface area contributed by atoms with Gasteiger partial charge in [-0.2, -0.15) is 16.4 Å². The molecule has 3 N–H and O–H groups in total. The molecule has 6 aromatic rings. The fourth-order valence-electron chi connectivity index (χ4n) is 4.30. The molecule has 0 aliphatic carbocycles. The van der Waals surface area contributed by atoms with E-state index in [4.69, 9.17) is 4.98 Å². The molecule has 6 rings (SSSR count). The second kappa shape index (κ2) is 9.01. The topological polar surface area (TPSA) is 112 Å². The molecule has 0 atom stereocenters. The molecule has 1 amide bonds. The molecule has 0 fully saturated rings. The number of carbonyl (C=O) groups excluding carboxylic acids is 1. The Morgan fingerprint density at radius 2 is 2.00 bits per heavy atom. The summed E-state index contributed by atoms with van der Waals surface area (Å²) in [5.74, 6) is 0.922. The van der Waals surface area contributed by atoms with E-state index in [1.54, 1.807) is 29.9 Å². The van der Waals surface area contributed by atoms with Gasteiger partial charge in [0.15, 0.2) is 11.5 Å². The number of hydrogen-bond donors (Lipinski definition) is 3. The van der Waals surface area contributed by atoms with Gasteiger partial charge in [0, 0.05) is 35.3 Å². The van der Waals surface area contributed by atoms with Crippen LogP contribution in [0.15, 0.2) is 65.7 Å². The lowest BCUT2D eigenvalue weighted by molar-refractivity contribution is -0.116. The molecule has 5 heterocycles. The molecule has 1 aromatic carbocycles. The molecule has 9 heteroatoms. The second-order valence-corrected chi connectivity index (χ2v) is 9.88. The number of hydrogen-bond acceptors (Lipinski definition) is 6. The van der Waals surface area contributed by atoms with Crippen molar-refractivity contribution in [3.05, 3.63) is 65.7 Å². The number of fused-ring (bicyclic) bond motifs is 2. The summed E-state index contributed by atoms with van der Waals surface area (Å²) in [5.41, 5.74) is 7.87. The second-order valence-electron chi connectivity index (χ2n) is 9.10. The van der Waals surface area contributed by atoms with Crippen molar-refractivity contribution in [1.82, 2.24) is 30.1 Å². The minimum atomic E-state index is -0.0168. The van der Waals surface area contributed by atoms with E-state index >= 15 is 0 Å². The summed E-state index contributed by atoms with van der Waals surface area (Å²) >= 11 is 1.66. The quantitative estimate of drug-likeness (QED) is 0.253. The average Bonchev–Trinajstić information content (AvgIpc) is 3.62. The van der Waals surface area contributed by atoms with Crippen LogP contribution in [0.5, 0.6) is 0 Å². The minimum Gasteiger partial charge on any atom is -0.335 e. The SMILES string of the molecule is CC(C)CC(=O)Nc1cncc(-c2ccc3[nH]nc(-c4nc5nccc(-c6ccsc6)c5[nH]4)c3c2)c1. The highest BCUT2D eigenvalue weighted by Crippen LogP contribution is 2.33. The lowest BCUT2D eigenvalue weighted by Crippen LogP contribution is -2.13. The number of imidazole rings is 1. The third kappa shape index (κ3) is 4.14. The first-order valence-corrected chi connectivity index (χ1v) is 12.6. The average molecular weight is 494 g/mol. The maximum absolute atomic E-state index is 12.2. The van der Waals surface area contributed by atoms with Crippen LogP contribution in [0.3, 0.4) is 0 Å². The molecule has 0 radical (unpaired) electrons. The monoisotopic (exact) mass is 493 g/mol. The van der Waals surface area contributed by atoms with Crippen molar-refractivity contribution < 1.29 is 4.79 Å². The lowest BCUT2D eigenvalue weighted by atomic mass is 10.0. The molecule has 5 aromatic heterocycles. The first-order chi connectivity index (χ1) is 17.5. The number of H-pyrrole nitrogens is 2. The van der Waals surface area contributed by atoms with Crippen LogP contribution in [-0.4, -0.2) is 36.0 Å². The van der Waals surface area contributed by atoms with Crippen LogP contribution >= 0.6 is 11.3 Å². The fraction of sp³-hybridized carbons (Fsp3) is 0.148. The molecule has 0 bridgehead atoms. The number of pyridine rings is 2. The molecular weight excluding hydrogens is 470 g/mol. The molecule has 178 valence electrons. The molecule has 0 unspecified atom stereocenters. The predicted molar refractivity (Wildman–Crippen MR) is 144 cm³/mol. The van der Waals surface area contributed by atoms with E-state index in [9.17, 15) is 4.79 Å². The van der Waals surface area contributed by atoms with Crippen LogP contribution < -0.4 is 5.32 Å². The van der Waals surface area contributed by atoms with Gasteiger partial charge in [-0.15, -0.1) is 0 Å². The van der Waals surface area contributed by atoms with Gasteiger partial charge in [-0.3, -0.25) is 14.9 Å². The van der Waals surface area contributed by atoms with E-state index in [1.807, 2.05) is 38.1 Å². The van der Waals surface area contributed by atoms with Crippen molar-refractivity contribution in [2.24, 2.45) is 5.92 Å². The van der Waals surface area contributed by atoms with Gasteiger partial charge in [0.25, 0.3) is 0 Å².